The van der Waals surface area contributed by atoms with Crippen molar-refractivity contribution < 1.29 is 4.92 Å². The summed E-state index contributed by atoms with van der Waals surface area (Å²) in [6, 6.07) is 5.01. The highest BCUT2D eigenvalue weighted by Gasteiger charge is 2.13. The maximum absolute atomic E-state index is 10.9. The lowest BCUT2D eigenvalue weighted by molar-refractivity contribution is -0.385. The lowest BCUT2D eigenvalue weighted by atomic mass is 10.00. The molecule has 4 nitrogen and oxygen atoms in total. The van der Waals surface area contributed by atoms with Crippen LogP contribution in [0.25, 0.3) is 6.08 Å². The fourth-order valence-corrected chi connectivity index (χ4v) is 1.81. The van der Waals surface area contributed by atoms with Crippen LogP contribution >= 0.6 is 15.9 Å². The molecular weight excluding hydrogens is 284 g/mol. The van der Waals surface area contributed by atoms with Crippen LogP contribution < -0.4 is 5.73 Å². The van der Waals surface area contributed by atoms with Crippen molar-refractivity contribution in [1.29, 1.82) is 0 Å². The molecule has 0 heterocycles. The molecular formula is C12H15BrN2O2. The van der Waals surface area contributed by atoms with E-state index in [2.05, 4.69) is 15.9 Å². The minimum absolute atomic E-state index is 0.0889. The highest BCUT2D eigenvalue weighted by atomic mass is 79.9. The van der Waals surface area contributed by atoms with Crippen LogP contribution in [-0.2, 0) is 0 Å². The second-order valence-electron chi connectivity index (χ2n) is 4.04. The smallest absolute Gasteiger partial charge is 0.277 e. The van der Waals surface area contributed by atoms with Crippen LogP contribution in [0.5, 0.6) is 0 Å². The van der Waals surface area contributed by atoms with E-state index in [-0.39, 0.29) is 16.5 Å². The third-order valence-corrected chi connectivity index (χ3v) is 3.00. The molecule has 0 spiro atoms. The summed E-state index contributed by atoms with van der Waals surface area (Å²) in [5, 5.41) is 10.9. The Morgan fingerprint density at radius 2 is 2.24 bits per heavy atom. The molecule has 0 aromatic heterocycles. The maximum Gasteiger partial charge on any atom is 0.277 e. The van der Waals surface area contributed by atoms with Crippen molar-refractivity contribution in [2.75, 3.05) is 6.54 Å². The first-order chi connectivity index (χ1) is 7.95. The van der Waals surface area contributed by atoms with Crippen molar-refractivity contribution in [2.24, 2.45) is 11.7 Å². The first-order valence-electron chi connectivity index (χ1n) is 5.30. The van der Waals surface area contributed by atoms with Gasteiger partial charge in [-0.05, 0) is 24.1 Å². The molecule has 1 rings (SSSR count). The molecule has 5 heteroatoms. The number of benzene rings is 1. The van der Waals surface area contributed by atoms with Crippen LogP contribution in [0.4, 0.5) is 5.69 Å². The van der Waals surface area contributed by atoms with Gasteiger partial charge in [-0.1, -0.05) is 35.4 Å². The summed E-state index contributed by atoms with van der Waals surface area (Å²) in [7, 11) is 0. The average Bonchev–Trinajstić information content (AvgIpc) is 2.26. The Labute approximate surface area is 109 Å². The van der Waals surface area contributed by atoms with Gasteiger partial charge in [0.15, 0.2) is 0 Å². The van der Waals surface area contributed by atoms with E-state index < -0.39 is 0 Å². The number of hydrogen-bond donors (Lipinski definition) is 1. The van der Waals surface area contributed by atoms with Crippen molar-refractivity contribution in [3.05, 3.63) is 43.9 Å². The number of nitrogens with two attached hydrogens (primary N) is 1. The summed E-state index contributed by atoms with van der Waals surface area (Å²) < 4.78 is 0.695. The van der Waals surface area contributed by atoms with Crippen LogP contribution in [0, 0.1) is 16.0 Å². The van der Waals surface area contributed by atoms with Crippen LogP contribution in [-0.4, -0.2) is 11.5 Å². The fourth-order valence-electron chi connectivity index (χ4n) is 1.46. The molecule has 92 valence electrons. The van der Waals surface area contributed by atoms with Gasteiger partial charge in [0.2, 0.25) is 0 Å². The van der Waals surface area contributed by atoms with Gasteiger partial charge in [-0.15, -0.1) is 0 Å². The zero-order valence-corrected chi connectivity index (χ0v) is 11.4. The summed E-state index contributed by atoms with van der Waals surface area (Å²) in [6.45, 7) is 4.44. The molecule has 0 aliphatic heterocycles. The zero-order valence-electron chi connectivity index (χ0n) is 9.81. The van der Waals surface area contributed by atoms with Crippen LogP contribution in [0.15, 0.2) is 28.2 Å². The molecule has 0 atom stereocenters. The summed E-state index contributed by atoms with van der Waals surface area (Å²) >= 11 is 3.23. The third-order valence-electron chi connectivity index (χ3n) is 2.51. The SMILES string of the molecule is CC(C)/C(=C/c1ccc(Br)cc1[N+](=O)[O-])CN. The van der Waals surface area contributed by atoms with Crippen LogP contribution in [0.3, 0.4) is 0 Å². The Hall–Kier alpha value is -1.20. The zero-order chi connectivity index (χ0) is 13.0. The van der Waals surface area contributed by atoms with Crippen LogP contribution in [0.1, 0.15) is 19.4 Å². The van der Waals surface area contributed by atoms with E-state index in [1.807, 2.05) is 13.8 Å². The van der Waals surface area contributed by atoms with E-state index in [1.54, 1.807) is 18.2 Å². The van der Waals surface area contributed by atoms with Crippen molar-refractivity contribution in [3.63, 3.8) is 0 Å². The number of halogens is 1. The Balaban J connectivity index is 3.26. The Morgan fingerprint density at radius 1 is 1.59 bits per heavy atom. The molecule has 1 aromatic rings. The van der Waals surface area contributed by atoms with Gasteiger partial charge < -0.3 is 5.73 Å². The van der Waals surface area contributed by atoms with E-state index >= 15 is 0 Å². The van der Waals surface area contributed by atoms with Crippen LogP contribution in [0.2, 0.25) is 0 Å². The number of hydrogen-bond acceptors (Lipinski definition) is 3. The van der Waals surface area contributed by atoms with Gasteiger partial charge in [0.05, 0.1) is 10.5 Å². The average molecular weight is 299 g/mol. The van der Waals surface area contributed by atoms with Crippen molar-refractivity contribution in [1.82, 2.24) is 0 Å². The van der Waals surface area contributed by atoms with Gasteiger partial charge in [-0.3, -0.25) is 10.1 Å². The topological polar surface area (TPSA) is 69.2 Å². The monoisotopic (exact) mass is 298 g/mol. The molecule has 0 unspecified atom stereocenters. The lowest BCUT2D eigenvalue weighted by Gasteiger charge is -2.08. The maximum atomic E-state index is 10.9. The second-order valence-corrected chi connectivity index (χ2v) is 4.95. The minimum atomic E-state index is -0.384. The molecule has 0 aliphatic carbocycles. The number of nitro benzene ring substituents is 1. The molecule has 0 radical (unpaired) electrons. The number of nitrogens with zero attached hydrogens (tertiary/aromatic N) is 1. The Bertz CT molecular complexity index is 456. The molecule has 17 heavy (non-hydrogen) atoms. The predicted octanol–water partition coefficient (Wildman–Crippen LogP) is 3.36. The lowest BCUT2D eigenvalue weighted by Crippen LogP contribution is -2.08. The van der Waals surface area contributed by atoms with Crippen molar-refractivity contribution in [2.45, 2.75) is 13.8 Å². The normalized spacial score (nSPS) is 11.9. The minimum Gasteiger partial charge on any atom is -0.327 e. The molecule has 0 saturated heterocycles. The van der Waals surface area contributed by atoms with E-state index in [0.29, 0.717) is 16.6 Å². The molecule has 0 saturated carbocycles. The summed E-state index contributed by atoms with van der Waals surface area (Å²) in [6.07, 6.45) is 1.80. The van der Waals surface area contributed by atoms with Gasteiger partial charge in [-0.25, -0.2) is 0 Å². The molecule has 0 aliphatic rings. The second kappa shape index (κ2) is 5.93. The highest BCUT2D eigenvalue weighted by Crippen LogP contribution is 2.26. The van der Waals surface area contributed by atoms with E-state index in [4.69, 9.17) is 5.73 Å². The molecule has 0 bridgehead atoms. The van der Waals surface area contributed by atoms with Gasteiger partial charge in [0.1, 0.15) is 0 Å². The quantitative estimate of drug-likeness (QED) is 0.684. The first-order valence-corrected chi connectivity index (χ1v) is 6.09. The molecule has 2 N–H and O–H groups in total. The molecule has 1 aromatic carbocycles. The highest BCUT2D eigenvalue weighted by molar-refractivity contribution is 9.10. The Kier molecular flexibility index (Phi) is 4.84. The third kappa shape index (κ3) is 3.64. The standard InChI is InChI=1S/C12H15BrN2O2/c1-8(2)10(7-14)5-9-3-4-11(13)6-12(9)15(16)17/h3-6,8H,7,14H2,1-2H3/b10-5+. The largest absolute Gasteiger partial charge is 0.327 e. The van der Waals surface area contributed by atoms with Crippen molar-refractivity contribution >= 4 is 27.7 Å². The van der Waals surface area contributed by atoms with Gasteiger partial charge in [-0.2, -0.15) is 0 Å². The van der Waals surface area contributed by atoms with E-state index in [9.17, 15) is 10.1 Å². The fraction of sp³-hybridized carbons (Fsp3) is 0.333. The van der Waals surface area contributed by atoms with Crippen molar-refractivity contribution in [3.8, 4) is 0 Å². The van der Waals surface area contributed by atoms with E-state index in [1.165, 1.54) is 6.07 Å². The summed E-state index contributed by atoms with van der Waals surface area (Å²) in [4.78, 5) is 10.6. The van der Waals surface area contributed by atoms with Gasteiger partial charge in [0.25, 0.3) is 5.69 Å². The number of nitro groups is 1. The first kappa shape index (κ1) is 13.9. The predicted molar refractivity (Wildman–Crippen MR) is 72.7 cm³/mol. The number of rotatable bonds is 4. The molecule has 0 fully saturated rings. The molecule has 0 amide bonds. The van der Waals surface area contributed by atoms with E-state index in [0.717, 1.165) is 5.57 Å². The Morgan fingerprint density at radius 3 is 2.71 bits per heavy atom. The van der Waals surface area contributed by atoms with Gasteiger partial charge >= 0.3 is 0 Å². The summed E-state index contributed by atoms with van der Waals surface area (Å²) in [5.41, 5.74) is 7.30. The van der Waals surface area contributed by atoms with Gasteiger partial charge in [0, 0.05) is 17.1 Å². The summed E-state index contributed by atoms with van der Waals surface area (Å²) in [5.74, 6) is 0.281.